The SMILES string of the molecule is Cc1cc(C(=O)N2CCC[C@@H](C(=O)c3ccc4ccccc4c3)C2)n(C)n1. The Morgan fingerprint density at radius 3 is 2.59 bits per heavy atom. The number of Topliss-reactive ketones (excluding diaryl/α,β-unsaturated/α-hetero) is 1. The van der Waals surface area contributed by atoms with Gasteiger partial charge in [0.05, 0.1) is 5.69 Å². The van der Waals surface area contributed by atoms with Crippen LogP contribution in [-0.4, -0.2) is 39.5 Å². The summed E-state index contributed by atoms with van der Waals surface area (Å²) in [5.41, 5.74) is 2.12. The molecule has 1 aliphatic rings. The topological polar surface area (TPSA) is 55.2 Å². The second kappa shape index (κ2) is 6.99. The highest BCUT2D eigenvalue weighted by Crippen LogP contribution is 2.24. The van der Waals surface area contributed by atoms with Crippen LogP contribution in [-0.2, 0) is 7.05 Å². The van der Waals surface area contributed by atoms with E-state index < -0.39 is 0 Å². The Bertz CT molecular complexity index is 1020. The average molecular weight is 361 g/mol. The number of hydrogen-bond acceptors (Lipinski definition) is 3. The molecule has 4 rings (SSSR count). The van der Waals surface area contributed by atoms with Crippen LogP contribution >= 0.6 is 0 Å². The summed E-state index contributed by atoms with van der Waals surface area (Å²) in [5.74, 6) is -0.0771. The van der Waals surface area contributed by atoms with Gasteiger partial charge in [-0.25, -0.2) is 0 Å². The number of rotatable bonds is 3. The number of hydrogen-bond donors (Lipinski definition) is 0. The van der Waals surface area contributed by atoms with Gasteiger partial charge in [-0.3, -0.25) is 14.3 Å². The van der Waals surface area contributed by atoms with Crippen LogP contribution in [0.1, 0.15) is 39.4 Å². The first-order chi connectivity index (χ1) is 13.0. The van der Waals surface area contributed by atoms with E-state index in [9.17, 15) is 9.59 Å². The first-order valence-electron chi connectivity index (χ1n) is 9.36. The predicted octanol–water partition coefficient (Wildman–Crippen LogP) is 3.62. The van der Waals surface area contributed by atoms with Crippen LogP contribution in [0.5, 0.6) is 0 Å². The monoisotopic (exact) mass is 361 g/mol. The van der Waals surface area contributed by atoms with Crippen molar-refractivity contribution in [1.82, 2.24) is 14.7 Å². The van der Waals surface area contributed by atoms with E-state index >= 15 is 0 Å². The quantitative estimate of drug-likeness (QED) is 0.670. The third-order valence-corrected chi connectivity index (χ3v) is 5.33. The molecule has 1 atom stereocenters. The van der Waals surface area contributed by atoms with Crippen molar-refractivity contribution in [2.24, 2.45) is 13.0 Å². The van der Waals surface area contributed by atoms with E-state index in [0.29, 0.717) is 18.8 Å². The van der Waals surface area contributed by atoms with Gasteiger partial charge in [-0.2, -0.15) is 5.10 Å². The molecule has 0 unspecified atom stereocenters. The van der Waals surface area contributed by atoms with E-state index in [4.69, 9.17) is 0 Å². The van der Waals surface area contributed by atoms with Gasteiger partial charge >= 0.3 is 0 Å². The summed E-state index contributed by atoms with van der Waals surface area (Å²) in [6.45, 7) is 3.03. The maximum atomic E-state index is 13.1. The standard InChI is InChI=1S/C22H23N3O2/c1-15-12-20(24(2)23-15)22(27)25-11-5-8-19(14-25)21(26)18-10-9-16-6-3-4-7-17(16)13-18/h3-4,6-7,9-10,12-13,19H,5,8,11,14H2,1-2H3/t19-/m1/s1. The molecular weight excluding hydrogens is 338 g/mol. The summed E-state index contributed by atoms with van der Waals surface area (Å²) in [5, 5.41) is 6.45. The minimum absolute atomic E-state index is 0.0471. The zero-order valence-corrected chi connectivity index (χ0v) is 15.7. The third kappa shape index (κ3) is 3.37. The van der Waals surface area contributed by atoms with Crippen LogP contribution in [0, 0.1) is 12.8 Å². The van der Waals surface area contributed by atoms with E-state index in [0.717, 1.165) is 34.9 Å². The van der Waals surface area contributed by atoms with Gasteiger partial charge in [0.25, 0.3) is 5.91 Å². The Kier molecular flexibility index (Phi) is 4.52. The Labute approximate surface area is 158 Å². The highest BCUT2D eigenvalue weighted by atomic mass is 16.2. The number of nitrogens with zero attached hydrogens (tertiary/aromatic N) is 3. The van der Waals surface area contributed by atoms with Crippen molar-refractivity contribution in [2.75, 3.05) is 13.1 Å². The van der Waals surface area contributed by atoms with Crippen molar-refractivity contribution in [1.29, 1.82) is 0 Å². The largest absolute Gasteiger partial charge is 0.337 e. The van der Waals surface area contributed by atoms with Crippen molar-refractivity contribution in [3.63, 3.8) is 0 Å². The number of benzene rings is 2. The molecule has 3 aromatic rings. The molecule has 5 heteroatoms. The van der Waals surface area contributed by atoms with Crippen LogP contribution in [0.4, 0.5) is 0 Å². The highest BCUT2D eigenvalue weighted by Gasteiger charge is 2.30. The number of carbonyl (C=O) groups is 2. The first-order valence-corrected chi connectivity index (χ1v) is 9.36. The van der Waals surface area contributed by atoms with Gasteiger partial charge in [0.2, 0.25) is 0 Å². The van der Waals surface area contributed by atoms with E-state index in [1.807, 2.05) is 49.4 Å². The van der Waals surface area contributed by atoms with Crippen LogP contribution in [0.15, 0.2) is 48.5 Å². The van der Waals surface area contributed by atoms with E-state index in [1.165, 1.54) is 0 Å². The van der Waals surface area contributed by atoms with Crippen molar-refractivity contribution >= 4 is 22.5 Å². The number of likely N-dealkylation sites (tertiary alicyclic amines) is 1. The maximum absolute atomic E-state index is 13.1. The third-order valence-electron chi connectivity index (χ3n) is 5.33. The van der Waals surface area contributed by atoms with Crippen LogP contribution < -0.4 is 0 Å². The minimum Gasteiger partial charge on any atom is -0.337 e. The molecule has 0 N–H and O–H groups in total. The molecular formula is C22H23N3O2. The highest BCUT2D eigenvalue weighted by molar-refractivity contribution is 6.02. The minimum atomic E-state index is -0.154. The van der Waals surface area contributed by atoms with Crippen molar-refractivity contribution in [3.05, 3.63) is 65.5 Å². The van der Waals surface area contributed by atoms with Crippen molar-refractivity contribution in [2.45, 2.75) is 19.8 Å². The van der Waals surface area contributed by atoms with Crippen LogP contribution in [0.25, 0.3) is 10.8 Å². The van der Waals surface area contributed by atoms with Gasteiger partial charge in [0.15, 0.2) is 5.78 Å². The number of amides is 1. The maximum Gasteiger partial charge on any atom is 0.272 e. The number of carbonyl (C=O) groups excluding carboxylic acids is 2. The zero-order valence-electron chi connectivity index (χ0n) is 15.7. The fraction of sp³-hybridized carbons (Fsp3) is 0.318. The molecule has 0 bridgehead atoms. The summed E-state index contributed by atoms with van der Waals surface area (Å²) in [4.78, 5) is 27.7. The van der Waals surface area contributed by atoms with Gasteiger partial charge < -0.3 is 4.90 Å². The van der Waals surface area contributed by atoms with Gasteiger partial charge in [-0.1, -0.05) is 36.4 Å². The Morgan fingerprint density at radius 2 is 1.85 bits per heavy atom. The molecule has 0 radical (unpaired) electrons. The second-order valence-corrected chi connectivity index (χ2v) is 7.31. The molecule has 1 saturated heterocycles. The molecule has 0 saturated carbocycles. The van der Waals surface area contributed by atoms with Crippen LogP contribution in [0.3, 0.4) is 0 Å². The van der Waals surface area contributed by atoms with E-state index in [2.05, 4.69) is 5.10 Å². The number of aryl methyl sites for hydroxylation is 2. The van der Waals surface area contributed by atoms with Gasteiger partial charge in [0.1, 0.15) is 5.69 Å². The fourth-order valence-corrected chi connectivity index (χ4v) is 3.93. The van der Waals surface area contributed by atoms with E-state index in [-0.39, 0.29) is 17.6 Å². The smallest absolute Gasteiger partial charge is 0.272 e. The van der Waals surface area contributed by atoms with Gasteiger partial charge in [-0.05, 0) is 42.7 Å². The molecule has 138 valence electrons. The lowest BCUT2D eigenvalue weighted by Gasteiger charge is -2.32. The average Bonchev–Trinajstić information content (AvgIpc) is 3.04. The number of aromatic nitrogens is 2. The molecule has 1 aliphatic heterocycles. The van der Waals surface area contributed by atoms with Crippen molar-refractivity contribution in [3.8, 4) is 0 Å². The predicted molar refractivity (Wildman–Crippen MR) is 105 cm³/mol. The number of fused-ring (bicyclic) bond motifs is 1. The summed E-state index contributed by atoms with van der Waals surface area (Å²) < 4.78 is 1.62. The lowest BCUT2D eigenvalue weighted by Crippen LogP contribution is -2.43. The summed E-state index contributed by atoms with van der Waals surface area (Å²) in [6.07, 6.45) is 1.66. The first kappa shape index (κ1) is 17.5. The molecule has 1 amide bonds. The number of piperidine rings is 1. The lowest BCUT2D eigenvalue weighted by atomic mass is 9.89. The normalized spacial score (nSPS) is 17.3. The molecule has 27 heavy (non-hydrogen) atoms. The molecule has 2 heterocycles. The van der Waals surface area contributed by atoms with Gasteiger partial charge in [0, 0.05) is 31.6 Å². The number of ketones is 1. The Morgan fingerprint density at radius 1 is 1.07 bits per heavy atom. The zero-order chi connectivity index (χ0) is 19.0. The summed E-state index contributed by atoms with van der Waals surface area (Å²) >= 11 is 0. The Balaban J connectivity index is 1.54. The molecule has 1 aromatic heterocycles. The van der Waals surface area contributed by atoms with Crippen LogP contribution in [0.2, 0.25) is 0 Å². The summed E-state index contributed by atoms with van der Waals surface area (Å²) in [7, 11) is 1.78. The molecule has 1 fully saturated rings. The second-order valence-electron chi connectivity index (χ2n) is 7.31. The summed E-state index contributed by atoms with van der Waals surface area (Å²) in [6, 6.07) is 15.7. The molecule has 2 aromatic carbocycles. The molecule has 5 nitrogen and oxygen atoms in total. The fourth-order valence-electron chi connectivity index (χ4n) is 3.93. The van der Waals surface area contributed by atoms with Gasteiger partial charge in [-0.15, -0.1) is 0 Å². The lowest BCUT2D eigenvalue weighted by molar-refractivity contribution is 0.0628. The molecule has 0 aliphatic carbocycles. The van der Waals surface area contributed by atoms with Crippen molar-refractivity contribution < 1.29 is 9.59 Å². The Hall–Kier alpha value is -2.95. The molecule has 0 spiro atoms. The van der Waals surface area contributed by atoms with E-state index in [1.54, 1.807) is 22.7 Å².